The van der Waals surface area contributed by atoms with E-state index < -0.39 is 0 Å². The van der Waals surface area contributed by atoms with Crippen molar-refractivity contribution < 1.29 is 0 Å². The second-order valence-corrected chi connectivity index (χ2v) is 10.3. The van der Waals surface area contributed by atoms with Crippen molar-refractivity contribution in [1.29, 1.82) is 0 Å². The maximum Gasteiger partial charge on any atom is -0.0129 e. The molecule has 0 saturated heterocycles. The predicted octanol–water partition coefficient (Wildman–Crippen LogP) is 7.68. The van der Waals surface area contributed by atoms with E-state index in [1.807, 2.05) is 0 Å². The lowest BCUT2D eigenvalue weighted by Gasteiger charge is -2.27. The van der Waals surface area contributed by atoms with Gasteiger partial charge in [0.25, 0.3) is 0 Å². The summed E-state index contributed by atoms with van der Waals surface area (Å²) < 4.78 is 0. The van der Waals surface area contributed by atoms with Crippen molar-refractivity contribution >= 4 is 0 Å². The van der Waals surface area contributed by atoms with Crippen molar-refractivity contribution in [2.24, 2.45) is 11.8 Å². The van der Waals surface area contributed by atoms with E-state index in [9.17, 15) is 0 Å². The zero-order valence-electron chi connectivity index (χ0n) is 17.9. The molecule has 0 heterocycles. The molecule has 0 amide bonds. The Morgan fingerprint density at radius 3 is 1.92 bits per heavy atom. The highest BCUT2D eigenvalue weighted by Crippen LogP contribution is 2.32. The Labute approximate surface area is 152 Å². The van der Waals surface area contributed by atoms with Crippen LogP contribution in [0.5, 0.6) is 0 Å². The van der Waals surface area contributed by atoms with Crippen molar-refractivity contribution in [3.8, 4) is 0 Å². The largest absolute Gasteiger partial charge is 0.0628 e. The van der Waals surface area contributed by atoms with Gasteiger partial charge in [-0.15, -0.1) is 0 Å². The first-order valence-electron chi connectivity index (χ1n) is 10.0. The maximum atomic E-state index is 2.49. The van der Waals surface area contributed by atoms with Gasteiger partial charge in [-0.05, 0) is 52.2 Å². The van der Waals surface area contributed by atoms with Gasteiger partial charge >= 0.3 is 0 Å². The third-order valence-corrected chi connectivity index (χ3v) is 5.16. The number of rotatable bonds is 7. The molecule has 1 aromatic carbocycles. The Balaban J connectivity index is 2.83. The van der Waals surface area contributed by atoms with E-state index >= 15 is 0 Å². The number of hydrogen-bond donors (Lipinski definition) is 0. The molecule has 1 rings (SSSR count). The summed E-state index contributed by atoms with van der Waals surface area (Å²) >= 11 is 0. The highest BCUT2D eigenvalue weighted by Gasteiger charge is 2.21. The lowest BCUT2D eigenvalue weighted by Crippen LogP contribution is -2.18. The summed E-state index contributed by atoms with van der Waals surface area (Å²) in [5.41, 5.74) is 5.04. The van der Waals surface area contributed by atoms with Crippen LogP contribution in [0.2, 0.25) is 0 Å². The van der Waals surface area contributed by atoms with E-state index in [1.54, 1.807) is 5.56 Å². The van der Waals surface area contributed by atoms with Crippen molar-refractivity contribution in [3.63, 3.8) is 0 Å². The average molecular weight is 331 g/mol. The van der Waals surface area contributed by atoms with Crippen LogP contribution < -0.4 is 0 Å². The Bertz CT molecular complexity index is 494. The van der Waals surface area contributed by atoms with Crippen molar-refractivity contribution in [1.82, 2.24) is 0 Å². The van der Waals surface area contributed by atoms with E-state index in [0.717, 1.165) is 11.8 Å². The Morgan fingerprint density at radius 1 is 0.792 bits per heavy atom. The van der Waals surface area contributed by atoms with Gasteiger partial charge in [0, 0.05) is 0 Å². The molecule has 1 atom stereocenters. The van der Waals surface area contributed by atoms with E-state index in [0.29, 0.717) is 0 Å². The maximum absolute atomic E-state index is 2.49. The summed E-state index contributed by atoms with van der Waals surface area (Å²) in [6, 6.07) is 7.22. The normalized spacial score (nSPS) is 14.2. The lowest BCUT2D eigenvalue weighted by atomic mass is 9.78. The molecule has 1 aromatic rings. The molecule has 0 nitrogen and oxygen atoms in total. The van der Waals surface area contributed by atoms with Crippen molar-refractivity contribution in [2.75, 3.05) is 0 Å². The first-order valence-corrected chi connectivity index (χ1v) is 10.0. The molecule has 0 spiro atoms. The number of benzene rings is 1. The minimum Gasteiger partial charge on any atom is -0.0628 e. The van der Waals surface area contributed by atoms with E-state index in [-0.39, 0.29) is 10.8 Å². The SMILES string of the molecule is CC(C)CCCC(C)CCc1cc(C(C)(C)C)ccc1C(C)(C)C. The number of hydrogen-bond acceptors (Lipinski definition) is 0. The molecule has 0 saturated carbocycles. The smallest absolute Gasteiger partial charge is 0.0129 e. The van der Waals surface area contributed by atoms with E-state index in [4.69, 9.17) is 0 Å². The predicted molar refractivity (Wildman–Crippen MR) is 110 cm³/mol. The molecule has 24 heavy (non-hydrogen) atoms. The van der Waals surface area contributed by atoms with Crippen molar-refractivity contribution in [2.45, 2.75) is 105 Å². The summed E-state index contributed by atoms with van der Waals surface area (Å²) in [4.78, 5) is 0. The van der Waals surface area contributed by atoms with Crippen LogP contribution in [0, 0.1) is 11.8 Å². The first kappa shape index (κ1) is 21.3. The Hall–Kier alpha value is -0.780. The molecule has 1 unspecified atom stereocenters. The fourth-order valence-corrected chi connectivity index (χ4v) is 3.42. The zero-order valence-corrected chi connectivity index (χ0v) is 17.9. The van der Waals surface area contributed by atoms with Gasteiger partial charge in [-0.25, -0.2) is 0 Å². The van der Waals surface area contributed by atoms with Gasteiger partial charge < -0.3 is 0 Å². The first-order chi connectivity index (χ1) is 10.9. The molecule has 0 aliphatic rings. The molecule has 0 heteroatoms. The number of aryl methyl sites for hydroxylation is 1. The van der Waals surface area contributed by atoms with Crippen LogP contribution in [0.25, 0.3) is 0 Å². The summed E-state index contributed by atoms with van der Waals surface area (Å²) in [5.74, 6) is 1.67. The van der Waals surface area contributed by atoms with Gasteiger partial charge in [0.2, 0.25) is 0 Å². The van der Waals surface area contributed by atoms with Gasteiger partial charge in [0.1, 0.15) is 0 Å². The van der Waals surface area contributed by atoms with Gasteiger partial charge in [0.15, 0.2) is 0 Å². The Morgan fingerprint density at radius 2 is 1.42 bits per heavy atom. The molecule has 0 bridgehead atoms. The molecule has 0 radical (unpaired) electrons. The minimum atomic E-state index is 0.229. The summed E-state index contributed by atoms with van der Waals surface area (Å²) in [5, 5.41) is 0. The highest BCUT2D eigenvalue weighted by molar-refractivity contribution is 5.39. The van der Waals surface area contributed by atoms with Crippen molar-refractivity contribution in [3.05, 3.63) is 34.9 Å². The summed E-state index contributed by atoms with van der Waals surface area (Å²) in [7, 11) is 0. The lowest BCUT2D eigenvalue weighted by molar-refractivity contribution is 0.435. The van der Waals surface area contributed by atoms with Gasteiger partial charge in [-0.3, -0.25) is 0 Å². The van der Waals surface area contributed by atoms with Crippen LogP contribution in [-0.2, 0) is 17.3 Å². The van der Waals surface area contributed by atoms with E-state index in [1.165, 1.54) is 43.2 Å². The fraction of sp³-hybridized carbons (Fsp3) is 0.750. The molecular formula is C24H42. The summed E-state index contributed by atoms with van der Waals surface area (Å²) in [6.07, 6.45) is 6.67. The second kappa shape index (κ2) is 8.54. The van der Waals surface area contributed by atoms with Gasteiger partial charge in [-0.2, -0.15) is 0 Å². The van der Waals surface area contributed by atoms with Gasteiger partial charge in [-0.1, -0.05) is 99.8 Å². The van der Waals surface area contributed by atoms with Crippen LogP contribution in [0.1, 0.15) is 105 Å². The molecule has 0 aliphatic heterocycles. The fourth-order valence-electron chi connectivity index (χ4n) is 3.42. The molecule has 0 aliphatic carbocycles. The quantitative estimate of drug-likeness (QED) is 0.481. The summed E-state index contributed by atoms with van der Waals surface area (Å²) in [6.45, 7) is 21.1. The van der Waals surface area contributed by atoms with Crippen LogP contribution >= 0.6 is 0 Å². The second-order valence-electron chi connectivity index (χ2n) is 10.3. The van der Waals surface area contributed by atoms with E-state index in [2.05, 4.69) is 80.5 Å². The molecule has 138 valence electrons. The average Bonchev–Trinajstić information content (AvgIpc) is 2.42. The van der Waals surface area contributed by atoms with Crippen LogP contribution in [-0.4, -0.2) is 0 Å². The Kier molecular flexibility index (Phi) is 7.57. The van der Waals surface area contributed by atoms with Crippen LogP contribution in [0.4, 0.5) is 0 Å². The standard InChI is InChI=1S/C24H42/c1-18(2)11-10-12-19(3)13-14-20-17-21(23(4,5)6)15-16-22(20)24(7,8)9/h15-19H,10-14H2,1-9H3. The minimum absolute atomic E-state index is 0.229. The topological polar surface area (TPSA) is 0 Å². The van der Waals surface area contributed by atoms with Gasteiger partial charge in [0.05, 0.1) is 0 Å². The third kappa shape index (κ3) is 6.99. The molecule has 0 aromatic heterocycles. The highest BCUT2D eigenvalue weighted by atomic mass is 14.3. The molecule has 0 fully saturated rings. The zero-order chi connectivity index (χ0) is 18.5. The molecular weight excluding hydrogens is 288 g/mol. The van der Waals surface area contributed by atoms with Crippen LogP contribution in [0.3, 0.4) is 0 Å². The monoisotopic (exact) mass is 330 g/mol. The van der Waals surface area contributed by atoms with Crippen LogP contribution in [0.15, 0.2) is 18.2 Å². The molecule has 0 N–H and O–H groups in total. The third-order valence-electron chi connectivity index (χ3n) is 5.16.